The Morgan fingerprint density at radius 3 is 2.95 bits per heavy atom. The van der Waals surface area contributed by atoms with E-state index in [1.165, 1.54) is 16.7 Å². The number of carbonyl (C=O) groups is 1. The maximum absolute atomic E-state index is 12.0. The van der Waals surface area contributed by atoms with Crippen LogP contribution in [0.25, 0.3) is 0 Å². The Labute approximate surface area is 115 Å². The van der Waals surface area contributed by atoms with Gasteiger partial charge in [0.2, 0.25) is 5.91 Å². The van der Waals surface area contributed by atoms with E-state index in [0.717, 1.165) is 19.4 Å². The molecule has 1 aliphatic rings. The van der Waals surface area contributed by atoms with Crippen molar-refractivity contribution in [3.63, 3.8) is 0 Å². The van der Waals surface area contributed by atoms with Crippen LogP contribution in [0.1, 0.15) is 48.9 Å². The molecule has 0 radical (unpaired) electrons. The van der Waals surface area contributed by atoms with Crippen LogP contribution in [0.2, 0.25) is 0 Å². The summed E-state index contributed by atoms with van der Waals surface area (Å²) in [5.74, 6) is 0.0836. The highest BCUT2D eigenvalue weighted by molar-refractivity contribution is 5.77. The third kappa shape index (κ3) is 3.80. The number of hydrogen-bond acceptors (Lipinski definition) is 2. The molecule has 1 aliphatic heterocycles. The summed E-state index contributed by atoms with van der Waals surface area (Å²) in [6.07, 6.45) is 2.68. The van der Waals surface area contributed by atoms with Crippen LogP contribution in [0.5, 0.6) is 0 Å². The minimum absolute atomic E-state index is 0.0498. The minimum Gasteiger partial charge on any atom is -0.378 e. The average Bonchev–Trinajstić information content (AvgIpc) is 2.84. The summed E-state index contributed by atoms with van der Waals surface area (Å²) < 4.78 is 5.49. The first-order valence-corrected chi connectivity index (χ1v) is 7.04. The van der Waals surface area contributed by atoms with E-state index in [9.17, 15) is 4.79 Å². The summed E-state index contributed by atoms with van der Waals surface area (Å²) in [5.41, 5.74) is 3.64. The number of benzene rings is 1. The van der Waals surface area contributed by atoms with E-state index < -0.39 is 0 Å². The third-order valence-corrected chi connectivity index (χ3v) is 3.72. The van der Waals surface area contributed by atoms with E-state index in [1.807, 2.05) is 6.92 Å². The zero-order valence-electron chi connectivity index (χ0n) is 12.0. The Kier molecular flexibility index (Phi) is 4.59. The molecule has 3 nitrogen and oxygen atoms in total. The van der Waals surface area contributed by atoms with Crippen molar-refractivity contribution in [1.82, 2.24) is 5.32 Å². The minimum atomic E-state index is 0.0498. The molecule has 0 aromatic heterocycles. The number of aryl methyl sites for hydroxylation is 2. The van der Waals surface area contributed by atoms with Crippen molar-refractivity contribution < 1.29 is 9.53 Å². The Morgan fingerprint density at radius 2 is 2.26 bits per heavy atom. The first-order valence-electron chi connectivity index (χ1n) is 7.04. The van der Waals surface area contributed by atoms with Crippen LogP contribution in [0.15, 0.2) is 18.2 Å². The molecule has 1 amide bonds. The SMILES string of the molecule is Cc1ccc(C)c([C@@H](C)NC(=O)C[C@H]2CCCO2)c1. The molecule has 1 aromatic carbocycles. The molecule has 1 heterocycles. The summed E-state index contributed by atoms with van der Waals surface area (Å²) in [7, 11) is 0. The maximum atomic E-state index is 12.0. The Balaban J connectivity index is 1.94. The highest BCUT2D eigenvalue weighted by Gasteiger charge is 2.20. The molecule has 0 aliphatic carbocycles. The molecule has 1 saturated heterocycles. The topological polar surface area (TPSA) is 38.3 Å². The predicted octanol–water partition coefficient (Wildman–Crippen LogP) is 3.05. The highest BCUT2D eigenvalue weighted by Crippen LogP contribution is 2.20. The molecule has 0 saturated carbocycles. The van der Waals surface area contributed by atoms with Crippen LogP contribution in [0, 0.1) is 13.8 Å². The lowest BCUT2D eigenvalue weighted by Gasteiger charge is -2.18. The summed E-state index contributed by atoms with van der Waals surface area (Å²) in [6.45, 7) is 6.99. The average molecular weight is 261 g/mol. The monoisotopic (exact) mass is 261 g/mol. The van der Waals surface area contributed by atoms with Crippen molar-refractivity contribution in [2.24, 2.45) is 0 Å². The molecule has 0 spiro atoms. The molecule has 104 valence electrons. The number of carbonyl (C=O) groups excluding carboxylic acids is 1. The van der Waals surface area contributed by atoms with Crippen molar-refractivity contribution in [2.75, 3.05) is 6.61 Å². The first-order chi connectivity index (χ1) is 9.06. The smallest absolute Gasteiger partial charge is 0.223 e. The second kappa shape index (κ2) is 6.20. The largest absolute Gasteiger partial charge is 0.378 e. The second-order valence-corrected chi connectivity index (χ2v) is 5.49. The fraction of sp³-hybridized carbons (Fsp3) is 0.562. The van der Waals surface area contributed by atoms with E-state index in [0.29, 0.717) is 6.42 Å². The molecule has 19 heavy (non-hydrogen) atoms. The molecular weight excluding hydrogens is 238 g/mol. The zero-order valence-corrected chi connectivity index (χ0v) is 12.0. The Hall–Kier alpha value is -1.35. The number of amides is 1. The molecule has 1 fully saturated rings. The van der Waals surface area contributed by atoms with Gasteiger partial charge in [-0.25, -0.2) is 0 Å². The fourth-order valence-electron chi connectivity index (χ4n) is 2.62. The molecule has 1 aromatic rings. The van der Waals surface area contributed by atoms with E-state index in [4.69, 9.17) is 4.74 Å². The summed E-state index contributed by atoms with van der Waals surface area (Å²) in [5, 5.41) is 3.07. The highest BCUT2D eigenvalue weighted by atomic mass is 16.5. The number of hydrogen-bond donors (Lipinski definition) is 1. The van der Waals surface area contributed by atoms with Crippen LogP contribution in [0.4, 0.5) is 0 Å². The number of nitrogens with one attached hydrogen (secondary N) is 1. The van der Waals surface area contributed by atoms with Crippen molar-refractivity contribution in [1.29, 1.82) is 0 Å². The zero-order chi connectivity index (χ0) is 13.8. The predicted molar refractivity (Wildman–Crippen MR) is 76.1 cm³/mol. The molecule has 1 N–H and O–H groups in total. The lowest BCUT2D eigenvalue weighted by molar-refractivity contribution is -0.123. The number of ether oxygens (including phenoxy) is 1. The molecule has 0 bridgehead atoms. The Morgan fingerprint density at radius 1 is 1.47 bits per heavy atom. The lowest BCUT2D eigenvalue weighted by Crippen LogP contribution is -2.30. The van der Waals surface area contributed by atoms with Crippen molar-refractivity contribution in [3.8, 4) is 0 Å². The van der Waals surface area contributed by atoms with E-state index >= 15 is 0 Å². The summed E-state index contributed by atoms with van der Waals surface area (Å²) in [6, 6.07) is 6.40. The van der Waals surface area contributed by atoms with Crippen LogP contribution in [-0.4, -0.2) is 18.6 Å². The van der Waals surface area contributed by atoms with E-state index in [1.54, 1.807) is 0 Å². The van der Waals surface area contributed by atoms with Crippen molar-refractivity contribution in [2.45, 2.75) is 52.2 Å². The lowest BCUT2D eigenvalue weighted by atomic mass is 10.00. The Bertz CT molecular complexity index is 450. The maximum Gasteiger partial charge on any atom is 0.223 e. The van der Waals surface area contributed by atoms with Gasteiger partial charge in [-0.3, -0.25) is 4.79 Å². The van der Waals surface area contributed by atoms with Gasteiger partial charge in [0.05, 0.1) is 18.6 Å². The number of rotatable bonds is 4. The van der Waals surface area contributed by atoms with Gasteiger partial charge in [-0.2, -0.15) is 0 Å². The van der Waals surface area contributed by atoms with Gasteiger partial charge in [-0.1, -0.05) is 23.8 Å². The molecule has 3 heteroatoms. The molecule has 2 rings (SSSR count). The standard InChI is InChI=1S/C16H23NO2/c1-11-6-7-12(2)15(9-11)13(3)17-16(18)10-14-5-4-8-19-14/h6-7,9,13-14H,4-5,8,10H2,1-3H3,(H,17,18)/t13-,14-/m1/s1. The van der Waals surface area contributed by atoms with Gasteiger partial charge in [0.15, 0.2) is 0 Å². The normalized spacial score (nSPS) is 20.3. The van der Waals surface area contributed by atoms with Gasteiger partial charge in [0.25, 0.3) is 0 Å². The fourth-order valence-corrected chi connectivity index (χ4v) is 2.62. The summed E-state index contributed by atoms with van der Waals surface area (Å²) in [4.78, 5) is 12.0. The van der Waals surface area contributed by atoms with Gasteiger partial charge in [-0.05, 0) is 44.7 Å². The second-order valence-electron chi connectivity index (χ2n) is 5.49. The van der Waals surface area contributed by atoms with Crippen LogP contribution >= 0.6 is 0 Å². The van der Waals surface area contributed by atoms with E-state index in [-0.39, 0.29) is 18.1 Å². The molecular formula is C16H23NO2. The van der Waals surface area contributed by atoms with Gasteiger partial charge in [0, 0.05) is 6.61 Å². The first kappa shape index (κ1) is 14.1. The van der Waals surface area contributed by atoms with Crippen molar-refractivity contribution >= 4 is 5.91 Å². The van der Waals surface area contributed by atoms with Gasteiger partial charge in [0.1, 0.15) is 0 Å². The van der Waals surface area contributed by atoms with Gasteiger partial charge < -0.3 is 10.1 Å². The quantitative estimate of drug-likeness (QED) is 0.904. The molecule has 0 unspecified atom stereocenters. The van der Waals surface area contributed by atoms with Crippen LogP contribution < -0.4 is 5.32 Å². The summed E-state index contributed by atoms with van der Waals surface area (Å²) >= 11 is 0. The van der Waals surface area contributed by atoms with E-state index in [2.05, 4.69) is 37.4 Å². The van der Waals surface area contributed by atoms with Crippen LogP contribution in [-0.2, 0) is 9.53 Å². The third-order valence-electron chi connectivity index (χ3n) is 3.72. The van der Waals surface area contributed by atoms with Gasteiger partial charge >= 0.3 is 0 Å². The van der Waals surface area contributed by atoms with Gasteiger partial charge in [-0.15, -0.1) is 0 Å². The molecule has 2 atom stereocenters. The van der Waals surface area contributed by atoms with Crippen molar-refractivity contribution in [3.05, 3.63) is 34.9 Å². The van der Waals surface area contributed by atoms with Crippen LogP contribution in [0.3, 0.4) is 0 Å².